The van der Waals surface area contributed by atoms with Crippen molar-refractivity contribution < 1.29 is 4.74 Å². The number of aromatic nitrogens is 2. The van der Waals surface area contributed by atoms with Crippen molar-refractivity contribution >= 4 is 6.08 Å². The SMILES string of the molecule is C/C=C/c1ccc(-n2cnc(C)c2)c(OC)c1. The number of aryl methyl sites for hydroxylation is 1. The standard InChI is InChI=1S/C14H16N2O/c1-4-5-12-6-7-13(14(8-12)17-3)16-9-11(2)15-10-16/h4-10H,1-3H3/b5-4+. The Morgan fingerprint density at radius 1 is 1.35 bits per heavy atom. The van der Waals surface area contributed by atoms with Gasteiger partial charge in [-0.15, -0.1) is 0 Å². The first-order chi connectivity index (χ1) is 8.24. The molecule has 0 saturated carbocycles. The van der Waals surface area contributed by atoms with E-state index in [9.17, 15) is 0 Å². The molecule has 1 aromatic heterocycles. The van der Waals surface area contributed by atoms with Crippen LogP contribution in [0.25, 0.3) is 11.8 Å². The number of nitrogens with zero attached hydrogens (tertiary/aromatic N) is 2. The van der Waals surface area contributed by atoms with E-state index in [1.54, 1.807) is 13.4 Å². The largest absolute Gasteiger partial charge is 0.495 e. The molecule has 17 heavy (non-hydrogen) atoms. The Hall–Kier alpha value is -2.03. The second-order valence-corrected chi connectivity index (χ2v) is 3.85. The lowest BCUT2D eigenvalue weighted by molar-refractivity contribution is 0.413. The molecular weight excluding hydrogens is 212 g/mol. The predicted octanol–water partition coefficient (Wildman–Crippen LogP) is 3.22. The van der Waals surface area contributed by atoms with Crippen LogP contribution in [0.2, 0.25) is 0 Å². The summed E-state index contributed by atoms with van der Waals surface area (Å²) in [4.78, 5) is 4.22. The van der Waals surface area contributed by atoms with E-state index in [1.807, 2.05) is 48.9 Å². The van der Waals surface area contributed by atoms with Gasteiger partial charge in [-0.1, -0.05) is 18.2 Å². The van der Waals surface area contributed by atoms with Crippen molar-refractivity contribution in [3.63, 3.8) is 0 Å². The number of ether oxygens (including phenoxy) is 1. The van der Waals surface area contributed by atoms with Gasteiger partial charge >= 0.3 is 0 Å². The summed E-state index contributed by atoms with van der Waals surface area (Å²) in [6.45, 7) is 3.97. The highest BCUT2D eigenvalue weighted by molar-refractivity contribution is 5.58. The lowest BCUT2D eigenvalue weighted by Gasteiger charge is -2.09. The molecule has 0 N–H and O–H groups in total. The first-order valence-electron chi connectivity index (χ1n) is 5.56. The van der Waals surface area contributed by atoms with E-state index >= 15 is 0 Å². The minimum Gasteiger partial charge on any atom is -0.495 e. The number of imidazole rings is 1. The van der Waals surface area contributed by atoms with Crippen molar-refractivity contribution in [2.45, 2.75) is 13.8 Å². The highest BCUT2D eigenvalue weighted by atomic mass is 16.5. The van der Waals surface area contributed by atoms with Gasteiger partial charge < -0.3 is 9.30 Å². The minimum atomic E-state index is 0.845. The second-order valence-electron chi connectivity index (χ2n) is 3.85. The maximum Gasteiger partial charge on any atom is 0.143 e. The van der Waals surface area contributed by atoms with E-state index in [2.05, 4.69) is 11.1 Å². The van der Waals surface area contributed by atoms with Crippen LogP contribution < -0.4 is 4.74 Å². The zero-order chi connectivity index (χ0) is 12.3. The van der Waals surface area contributed by atoms with Gasteiger partial charge in [0.15, 0.2) is 0 Å². The fraction of sp³-hybridized carbons (Fsp3) is 0.214. The van der Waals surface area contributed by atoms with Crippen LogP contribution in [0.5, 0.6) is 5.75 Å². The summed E-state index contributed by atoms with van der Waals surface area (Å²) in [5, 5.41) is 0. The highest BCUT2D eigenvalue weighted by Crippen LogP contribution is 2.24. The third kappa shape index (κ3) is 2.38. The summed E-state index contributed by atoms with van der Waals surface area (Å²) in [7, 11) is 1.68. The molecule has 0 atom stereocenters. The Morgan fingerprint density at radius 3 is 2.76 bits per heavy atom. The van der Waals surface area contributed by atoms with Gasteiger partial charge in [0.2, 0.25) is 0 Å². The minimum absolute atomic E-state index is 0.845. The predicted molar refractivity (Wildman–Crippen MR) is 69.6 cm³/mol. The van der Waals surface area contributed by atoms with Gasteiger partial charge in [-0.25, -0.2) is 4.98 Å². The molecule has 0 unspecified atom stereocenters. The van der Waals surface area contributed by atoms with E-state index in [4.69, 9.17) is 4.74 Å². The molecule has 0 amide bonds. The summed E-state index contributed by atoms with van der Waals surface area (Å²) in [6, 6.07) is 6.12. The molecule has 0 radical (unpaired) electrons. The Kier molecular flexibility index (Phi) is 3.28. The molecule has 3 nitrogen and oxygen atoms in total. The molecule has 88 valence electrons. The monoisotopic (exact) mass is 228 g/mol. The third-order valence-electron chi connectivity index (χ3n) is 2.55. The van der Waals surface area contributed by atoms with Crippen molar-refractivity contribution in [3.8, 4) is 11.4 Å². The summed E-state index contributed by atoms with van der Waals surface area (Å²) < 4.78 is 7.38. The Morgan fingerprint density at radius 2 is 2.18 bits per heavy atom. The van der Waals surface area contributed by atoms with Gasteiger partial charge in [0.25, 0.3) is 0 Å². The lowest BCUT2D eigenvalue weighted by Crippen LogP contribution is -1.95. The van der Waals surface area contributed by atoms with E-state index in [0.717, 1.165) is 22.7 Å². The molecule has 3 heteroatoms. The van der Waals surface area contributed by atoms with Gasteiger partial charge in [-0.2, -0.15) is 0 Å². The van der Waals surface area contributed by atoms with E-state index in [0.29, 0.717) is 0 Å². The van der Waals surface area contributed by atoms with Crippen LogP contribution in [-0.2, 0) is 0 Å². The molecule has 0 bridgehead atoms. The van der Waals surface area contributed by atoms with Crippen molar-refractivity contribution in [1.82, 2.24) is 9.55 Å². The molecule has 0 fully saturated rings. The molecule has 1 aromatic carbocycles. The number of hydrogen-bond acceptors (Lipinski definition) is 2. The van der Waals surface area contributed by atoms with Crippen LogP contribution in [0.1, 0.15) is 18.2 Å². The van der Waals surface area contributed by atoms with Gasteiger partial charge in [-0.05, 0) is 31.5 Å². The van der Waals surface area contributed by atoms with Crippen LogP contribution >= 0.6 is 0 Å². The molecule has 0 aliphatic heterocycles. The molecular formula is C14H16N2O. The van der Waals surface area contributed by atoms with Crippen LogP contribution in [0.4, 0.5) is 0 Å². The second kappa shape index (κ2) is 4.87. The first-order valence-corrected chi connectivity index (χ1v) is 5.56. The lowest BCUT2D eigenvalue weighted by atomic mass is 10.1. The summed E-state index contributed by atoms with van der Waals surface area (Å²) in [5.41, 5.74) is 3.12. The quantitative estimate of drug-likeness (QED) is 0.806. The topological polar surface area (TPSA) is 27.1 Å². The van der Waals surface area contributed by atoms with Gasteiger partial charge in [0.1, 0.15) is 5.75 Å². The average molecular weight is 228 g/mol. The Labute approximate surface area is 101 Å². The van der Waals surface area contributed by atoms with Crippen molar-refractivity contribution in [2.24, 2.45) is 0 Å². The highest BCUT2D eigenvalue weighted by Gasteiger charge is 2.05. The molecule has 0 spiro atoms. The van der Waals surface area contributed by atoms with Crippen molar-refractivity contribution in [1.29, 1.82) is 0 Å². The Bertz CT molecular complexity index is 541. The fourth-order valence-electron chi connectivity index (χ4n) is 1.76. The smallest absolute Gasteiger partial charge is 0.143 e. The number of hydrogen-bond donors (Lipinski definition) is 0. The van der Waals surface area contributed by atoms with Crippen molar-refractivity contribution in [3.05, 3.63) is 48.1 Å². The third-order valence-corrected chi connectivity index (χ3v) is 2.55. The maximum absolute atomic E-state index is 5.41. The molecule has 0 saturated heterocycles. The number of rotatable bonds is 3. The van der Waals surface area contributed by atoms with E-state index in [1.165, 1.54) is 0 Å². The molecule has 2 rings (SSSR count). The number of methoxy groups -OCH3 is 1. The molecule has 0 aliphatic rings. The first kappa shape index (κ1) is 11.5. The summed E-state index contributed by atoms with van der Waals surface area (Å²) in [5.74, 6) is 0.845. The van der Waals surface area contributed by atoms with E-state index < -0.39 is 0 Å². The summed E-state index contributed by atoms with van der Waals surface area (Å²) in [6.07, 6.45) is 7.83. The summed E-state index contributed by atoms with van der Waals surface area (Å²) >= 11 is 0. The van der Waals surface area contributed by atoms with Crippen LogP contribution in [0.15, 0.2) is 36.8 Å². The molecule has 0 aliphatic carbocycles. The van der Waals surface area contributed by atoms with Crippen molar-refractivity contribution in [2.75, 3.05) is 7.11 Å². The average Bonchev–Trinajstić information content (AvgIpc) is 2.76. The Balaban J connectivity index is 2.47. The number of benzene rings is 1. The van der Waals surface area contributed by atoms with Crippen LogP contribution in [0, 0.1) is 6.92 Å². The zero-order valence-electron chi connectivity index (χ0n) is 10.3. The van der Waals surface area contributed by atoms with Crippen LogP contribution in [0.3, 0.4) is 0 Å². The maximum atomic E-state index is 5.41. The normalized spacial score (nSPS) is 11.0. The fourth-order valence-corrected chi connectivity index (χ4v) is 1.76. The number of allylic oxidation sites excluding steroid dienone is 1. The van der Waals surface area contributed by atoms with E-state index in [-0.39, 0.29) is 0 Å². The van der Waals surface area contributed by atoms with Gasteiger partial charge in [0.05, 0.1) is 24.8 Å². The zero-order valence-corrected chi connectivity index (χ0v) is 10.3. The molecule has 1 heterocycles. The molecule has 2 aromatic rings. The van der Waals surface area contributed by atoms with Crippen LogP contribution in [-0.4, -0.2) is 16.7 Å². The van der Waals surface area contributed by atoms with Gasteiger partial charge in [-0.3, -0.25) is 0 Å². The van der Waals surface area contributed by atoms with Gasteiger partial charge in [0, 0.05) is 6.20 Å².